The Labute approximate surface area is 423 Å². The zero-order valence-corrected chi connectivity index (χ0v) is 43.7. The number of rotatable bonds is 15. The van der Waals surface area contributed by atoms with Gasteiger partial charge in [-0.3, -0.25) is 38.4 Å². The lowest BCUT2D eigenvalue weighted by Gasteiger charge is -2.33. The van der Waals surface area contributed by atoms with Crippen LogP contribution in [-0.4, -0.2) is 128 Å². The Hall–Kier alpha value is -6.98. The van der Waals surface area contributed by atoms with E-state index in [4.69, 9.17) is 0 Å². The van der Waals surface area contributed by atoms with Crippen LogP contribution in [0.1, 0.15) is 99.1 Å². The molecule has 8 atom stereocenters. The van der Waals surface area contributed by atoms with Crippen LogP contribution in [0.2, 0.25) is 0 Å². The van der Waals surface area contributed by atoms with Gasteiger partial charge < -0.3 is 51.2 Å². The van der Waals surface area contributed by atoms with Gasteiger partial charge in [-0.1, -0.05) is 83.2 Å². The number of allylic oxidation sites excluding steroid dienone is 2. The van der Waals surface area contributed by atoms with Crippen LogP contribution in [0.15, 0.2) is 79.5 Å². The number of aliphatic carboxylic acids is 1. The summed E-state index contributed by atoms with van der Waals surface area (Å²) >= 11 is 0. The quantitative estimate of drug-likeness (QED) is 0.106. The third kappa shape index (κ3) is 15.0. The molecule has 0 aliphatic carbocycles. The van der Waals surface area contributed by atoms with Gasteiger partial charge in [0.25, 0.3) is 0 Å². The number of hydrogen-bond acceptors (Lipinski definition) is 9. The highest BCUT2D eigenvalue weighted by molar-refractivity contribution is 5.99. The summed E-state index contributed by atoms with van der Waals surface area (Å²) in [5, 5.41) is 34.7. The molecule has 4 rings (SSSR count). The number of nitrogens with one attached hydrogen (secondary N) is 5. The fourth-order valence-corrected chi connectivity index (χ4v) is 8.77. The number of fused-ring (bicyclic) bond motifs is 1. The lowest BCUT2D eigenvalue weighted by Crippen LogP contribution is -2.60. The van der Waals surface area contributed by atoms with Gasteiger partial charge in [0.05, 0.1) is 11.5 Å². The minimum atomic E-state index is -1.45. The molecule has 0 unspecified atom stereocenters. The molecule has 72 heavy (non-hydrogen) atoms. The first-order valence-corrected chi connectivity index (χ1v) is 24.7. The molecule has 1 aromatic heterocycles. The highest BCUT2D eigenvalue weighted by Crippen LogP contribution is 2.30. The average molecular weight is 997 g/mol. The molecular weight excluding hydrogens is 921 g/mol. The van der Waals surface area contributed by atoms with Crippen molar-refractivity contribution in [1.82, 2.24) is 41.0 Å². The van der Waals surface area contributed by atoms with Crippen molar-refractivity contribution in [2.75, 3.05) is 14.1 Å². The van der Waals surface area contributed by atoms with Crippen molar-refractivity contribution in [1.29, 1.82) is 0 Å². The molecule has 18 heteroatoms. The number of para-hydroxylation sites is 1. The Bertz CT molecular complexity index is 2480. The van der Waals surface area contributed by atoms with Crippen molar-refractivity contribution in [2.24, 2.45) is 17.8 Å². The Balaban J connectivity index is 1.95. The number of nitrogens with zero attached hydrogens (tertiary/aromatic N) is 3. The number of carboxylic acids is 1. The molecule has 1 aliphatic heterocycles. The highest BCUT2D eigenvalue weighted by atomic mass is 16.4. The van der Waals surface area contributed by atoms with Gasteiger partial charge >= 0.3 is 5.97 Å². The maximum absolute atomic E-state index is 15.2. The van der Waals surface area contributed by atoms with Crippen molar-refractivity contribution >= 4 is 58.2 Å². The summed E-state index contributed by atoms with van der Waals surface area (Å²) in [7, 11) is 2.75. The molecule has 1 fully saturated rings. The number of carbonyl (C=O) groups excluding carboxylic acids is 7. The van der Waals surface area contributed by atoms with E-state index in [0.29, 0.717) is 11.1 Å². The number of carboxylic acid groups (broad SMARTS) is 1. The molecule has 2 aromatic carbocycles. The van der Waals surface area contributed by atoms with Crippen molar-refractivity contribution < 1.29 is 48.6 Å². The minimum Gasteiger partial charge on any atom is -0.508 e. The number of phenolic OH excluding ortho intramolecular Hbond substituents is 1. The summed E-state index contributed by atoms with van der Waals surface area (Å²) in [6.45, 7) is 19.9. The second-order valence-corrected chi connectivity index (χ2v) is 20.4. The number of aromatic hydroxyl groups is 1. The summed E-state index contributed by atoms with van der Waals surface area (Å²) in [4.78, 5) is 117. The van der Waals surface area contributed by atoms with Crippen LogP contribution < -0.4 is 26.6 Å². The van der Waals surface area contributed by atoms with Crippen LogP contribution >= 0.6 is 0 Å². The molecule has 7 N–H and O–H groups in total. The molecule has 18 nitrogen and oxygen atoms in total. The Kier molecular flexibility index (Phi) is 20.3. The van der Waals surface area contributed by atoms with E-state index < -0.39 is 101 Å². The summed E-state index contributed by atoms with van der Waals surface area (Å²) in [6.07, 6.45) is 6.74. The second kappa shape index (κ2) is 25.4. The molecule has 0 radical (unpaired) electrons. The largest absolute Gasteiger partial charge is 0.508 e. The lowest BCUT2D eigenvalue weighted by atomic mass is 9.97. The average Bonchev–Trinajstić information content (AvgIpc) is 3.70. The van der Waals surface area contributed by atoms with Gasteiger partial charge in [-0.25, -0.2) is 0 Å². The fourth-order valence-electron chi connectivity index (χ4n) is 8.77. The van der Waals surface area contributed by atoms with E-state index in [-0.39, 0.29) is 56.1 Å². The van der Waals surface area contributed by atoms with Gasteiger partial charge in [0, 0.05) is 44.0 Å². The van der Waals surface area contributed by atoms with Crippen LogP contribution in [-0.2, 0) is 56.7 Å². The first-order valence-electron chi connectivity index (χ1n) is 24.7. The van der Waals surface area contributed by atoms with Gasteiger partial charge in [0.2, 0.25) is 41.4 Å². The van der Waals surface area contributed by atoms with Crippen LogP contribution in [0.5, 0.6) is 5.75 Å². The van der Waals surface area contributed by atoms with Crippen LogP contribution in [0.25, 0.3) is 10.9 Å². The smallest absolute Gasteiger partial charge is 0.306 e. The van der Waals surface area contributed by atoms with E-state index >= 15 is 4.79 Å². The molecule has 1 aliphatic rings. The van der Waals surface area contributed by atoms with E-state index in [2.05, 4.69) is 33.2 Å². The van der Waals surface area contributed by atoms with Crippen LogP contribution in [0.3, 0.4) is 0 Å². The summed E-state index contributed by atoms with van der Waals surface area (Å²) in [5.74, 6) is -7.98. The number of likely N-dealkylation sites (N-methyl/N-ethyl adjacent to an activating group) is 2. The number of amides is 7. The maximum atomic E-state index is 15.2. The van der Waals surface area contributed by atoms with Gasteiger partial charge in [-0.15, -0.1) is 6.58 Å². The predicted molar refractivity (Wildman–Crippen MR) is 275 cm³/mol. The van der Waals surface area contributed by atoms with E-state index in [0.717, 1.165) is 15.8 Å². The number of carbonyl (C=O) groups is 8. The first kappa shape index (κ1) is 57.6. The van der Waals surface area contributed by atoms with Crippen LogP contribution in [0, 0.1) is 17.8 Å². The summed E-state index contributed by atoms with van der Waals surface area (Å²) < 4.78 is 2.03. The molecule has 392 valence electrons. The van der Waals surface area contributed by atoms with Crippen molar-refractivity contribution in [3.63, 3.8) is 0 Å². The lowest BCUT2D eigenvalue weighted by molar-refractivity contribution is -0.146. The predicted octanol–water partition coefficient (Wildman–Crippen LogP) is 4.33. The highest BCUT2D eigenvalue weighted by Gasteiger charge is 2.39. The van der Waals surface area contributed by atoms with Crippen molar-refractivity contribution in [3.8, 4) is 5.75 Å². The molecule has 0 spiro atoms. The van der Waals surface area contributed by atoms with E-state index in [1.807, 2.05) is 76.6 Å². The SMILES string of the molecule is C=CC(C)(C)n1cc(C[C@@H]2NC(=O)[C@H](CC=CC)NC(=O)[C@H](CC(C)C)NC(=O)[C@H](C[C@H](C)C(=O)O)N(C)C(=O)[C@H](C)NC(=O)[C@H](Cc3ccc(O)cc3)NC(=O)[C@H](CC(C)C)N(C)C2=O)c2ccccc21. The zero-order valence-electron chi connectivity index (χ0n) is 43.7. The number of aromatic nitrogens is 1. The van der Waals surface area contributed by atoms with E-state index in [9.17, 15) is 43.8 Å². The number of hydrogen-bond donors (Lipinski definition) is 7. The normalized spacial score (nSPS) is 23.3. The summed E-state index contributed by atoms with van der Waals surface area (Å²) in [5.41, 5.74) is 1.51. The Morgan fingerprint density at radius 2 is 1.22 bits per heavy atom. The van der Waals surface area contributed by atoms with Crippen LogP contribution in [0.4, 0.5) is 0 Å². The summed E-state index contributed by atoms with van der Waals surface area (Å²) in [6, 6.07) is 4.40. The number of benzene rings is 2. The van der Waals surface area contributed by atoms with E-state index in [1.165, 1.54) is 45.0 Å². The Morgan fingerprint density at radius 3 is 1.81 bits per heavy atom. The fraction of sp³-hybridized carbons (Fsp3) is 0.519. The molecular formula is C54H76N8O10. The minimum absolute atomic E-state index is 0.0181. The molecule has 2 heterocycles. The Morgan fingerprint density at radius 1 is 0.694 bits per heavy atom. The third-order valence-electron chi connectivity index (χ3n) is 13.2. The molecule has 0 saturated carbocycles. The molecule has 3 aromatic rings. The van der Waals surface area contributed by atoms with Gasteiger partial charge in [-0.2, -0.15) is 0 Å². The monoisotopic (exact) mass is 997 g/mol. The molecule has 0 bridgehead atoms. The topological polar surface area (TPSA) is 249 Å². The zero-order chi connectivity index (χ0) is 53.8. The van der Waals surface area contributed by atoms with Crippen molar-refractivity contribution in [3.05, 3.63) is 90.7 Å². The third-order valence-corrected chi connectivity index (χ3v) is 13.2. The van der Waals surface area contributed by atoms with Crippen molar-refractivity contribution in [2.45, 2.75) is 149 Å². The second-order valence-electron chi connectivity index (χ2n) is 20.4. The molecule has 7 amide bonds. The van der Waals surface area contributed by atoms with Gasteiger partial charge in [0.1, 0.15) is 48.0 Å². The number of phenols is 1. The first-order chi connectivity index (χ1) is 33.8. The maximum Gasteiger partial charge on any atom is 0.306 e. The standard InChI is InChI=1S/C54H76N8O10/c1-13-15-19-39-46(64)59-42(29-36-30-62(54(9,10)14-2)43-20-17-16-18-38(36)43)52(70)61(12)44(26-32(5)6)49(67)58-41(28-35-21-23-37(63)24-22-35)47(65)55-34(8)51(69)60(11)45(27-33(7)53(71)72)50(68)57-40(25-31(3)4)48(66)56-39/h13-18,20-24,30-34,39-42,44-45,63H,2,19,25-29H2,1,3-12H3,(H,55,65)(H,56,66)(H,57,68)(H,58,67)(H,59,64)(H,71,72)/t33-,34-,39-,40-,41-,42-,44-,45-/m0/s1. The van der Waals surface area contributed by atoms with Gasteiger partial charge in [0.15, 0.2) is 0 Å². The van der Waals surface area contributed by atoms with Gasteiger partial charge in [-0.05, 0) is 94.5 Å². The molecule has 1 saturated heterocycles. The van der Waals surface area contributed by atoms with E-state index in [1.54, 1.807) is 37.3 Å².